The Morgan fingerprint density at radius 2 is 0.625 bits per heavy atom. The lowest BCUT2D eigenvalue weighted by Gasteiger charge is -2.37. The summed E-state index contributed by atoms with van der Waals surface area (Å²) in [5, 5.41) is 60.6. The molecule has 5 aliphatic rings. The van der Waals surface area contributed by atoms with E-state index in [1.54, 1.807) is 48.7 Å². The van der Waals surface area contributed by atoms with Gasteiger partial charge in [-0.1, -0.05) is 241 Å². The Morgan fingerprint density at radius 1 is 0.353 bits per heavy atom. The fourth-order valence-electron chi connectivity index (χ4n) is 17.1. The lowest BCUT2D eigenvalue weighted by atomic mass is 9.82. The van der Waals surface area contributed by atoms with Crippen LogP contribution in [0.5, 0.6) is 0 Å². The van der Waals surface area contributed by atoms with Crippen LogP contribution in [-0.4, -0.2) is 194 Å². The number of aryl methyl sites for hydroxylation is 1. The van der Waals surface area contributed by atoms with Crippen LogP contribution in [0.25, 0.3) is 112 Å². The maximum absolute atomic E-state index is 12.1. The monoisotopic (exact) mass is 2040 g/mol. The summed E-state index contributed by atoms with van der Waals surface area (Å²) in [5.74, 6) is 2.55. The number of aldehydes is 1. The smallest absolute Gasteiger partial charge is 0.271 e. The fourth-order valence-corrected chi connectivity index (χ4v) is 19.2. The van der Waals surface area contributed by atoms with Crippen LogP contribution in [0.1, 0.15) is 178 Å². The summed E-state index contributed by atoms with van der Waals surface area (Å²) in [6.45, 7) is 33.0. The van der Waals surface area contributed by atoms with Gasteiger partial charge in [0, 0.05) is 99.5 Å². The van der Waals surface area contributed by atoms with Gasteiger partial charge in [0.05, 0.1) is 92.6 Å². The third-order valence-electron chi connectivity index (χ3n) is 26.1. The van der Waals surface area contributed by atoms with Gasteiger partial charge in [-0.15, -0.1) is 0 Å². The number of aromatic nitrogens is 21. The van der Waals surface area contributed by atoms with Crippen LogP contribution in [0, 0.1) is 27.1 Å². The van der Waals surface area contributed by atoms with Crippen molar-refractivity contribution < 1.29 is 19.8 Å². The molecule has 5 saturated heterocycles. The molecule has 5 fully saturated rings. The Morgan fingerprint density at radius 3 is 0.941 bits per heavy atom. The van der Waals surface area contributed by atoms with Crippen LogP contribution in [-0.2, 0) is 19.6 Å². The highest BCUT2D eigenvalue weighted by Crippen LogP contribution is 2.46. The van der Waals surface area contributed by atoms with Crippen molar-refractivity contribution in [2.45, 2.75) is 160 Å². The van der Waals surface area contributed by atoms with Crippen LogP contribution in [0.3, 0.4) is 0 Å². The van der Waals surface area contributed by atoms with Crippen LogP contribution in [0.15, 0.2) is 85.1 Å². The lowest BCUT2D eigenvalue weighted by molar-refractivity contribution is 0.0995. The molecule has 20 rings (SSSR count). The molecule has 11 aromatic heterocycles. The van der Waals surface area contributed by atoms with Crippen molar-refractivity contribution in [2.75, 3.05) is 89.9 Å². The third-order valence-corrected chi connectivity index (χ3v) is 30.1. The van der Waals surface area contributed by atoms with E-state index in [-0.39, 0.29) is 24.3 Å². The van der Waals surface area contributed by atoms with E-state index in [4.69, 9.17) is 137 Å². The number of aliphatic hydroxyl groups excluding tert-OH is 2. The SMILES string of the molecule is CC1(C)CCN(c2nc3n[nH]c(-c4cccc(Cl)c4Cl)c3nc2C(N)=O)CC1.CC1(C)CCN(c2nc3n[nH]c(-c4cccc(Cl)c4Cl)c3nc2C=O)CC1.CC1(C)CCN(c2nc3n[nH]c(-c4cccc(Cl)c4Cl)c3nc2CO)CC1.CC1(C)CCN(c2nc3n[nH]c(-c4cccc(Cl)c4Cl)c3nc2Cl)CC1.CCc1nccc(-c2[nH]nc3nc(N4CCC(C)(C)CC4)c(CO)nc23)c1Cl. The van der Waals surface area contributed by atoms with Gasteiger partial charge in [-0.3, -0.25) is 40.1 Å². The van der Waals surface area contributed by atoms with Gasteiger partial charge >= 0.3 is 0 Å². The minimum Gasteiger partial charge on any atom is -0.390 e. The molecule has 0 atom stereocenters. The molecule has 9 N–H and O–H groups in total. The number of hydrogen-bond acceptors (Lipinski definition) is 25. The summed E-state index contributed by atoms with van der Waals surface area (Å²) in [4.78, 5) is 85.3. The van der Waals surface area contributed by atoms with E-state index >= 15 is 0 Å². The first-order chi connectivity index (χ1) is 64.8. The molecule has 0 saturated carbocycles. The van der Waals surface area contributed by atoms with Crippen molar-refractivity contribution in [3.05, 3.63) is 164 Å². The van der Waals surface area contributed by atoms with Crippen molar-refractivity contribution in [1.82, 2.24) is 106 Å². The molecule has 16 heterocycles. The highest BCUT2D eigenvalue weighted by molar-refractivity contribution is 6.46. The van der Waals surface area contributed by atoms with Crippen molar-refractivity contribution in [2.24, 2.45) is 32.8 Å². The summed E-state index contributed by atoms with van der Waals surface area (Å²) in [6.07, 6.45) is 13.8. The Hall–Kier alpha value is -10.3. The van der Waals surface area contributed by atoms with E-state index in [2.05, 4.69) is 185 Å². The topological polar surface area (TPSA) is 402 Å². The van der Waals surface area contributed by atoms with Gasteiger partial charge in [-0.25, -0.2) is 49.8 Å². The van der Waals surface area contributed by atoms with Crippen molar-refractivity contribution >= 4 is 213 Å². The van der Waals surface area contributed by atoms with E-state index in [1.165, 1.54) is 0 Å². The minimum atomic E-state index is -0.626. The number of rotatable bonds is 15. The third kappa shape index (κ3) is 21.2. The quantitative estimate of drug-likeness (QED) is 0.0442. The lowest BCUT2D eigenvalue weighted by Crippen LogP contribution is -2.39. The van der Waals surface area contributed by atoms with Crippen molar-refractivity contribution in [3.8, 4) is 56.3 Å². The molecule has 4 aromatic carbocycles. The summed E-state index contributed by atoms with van der Waals surface area (Å²) in [6, 6.07) is 23.3. The summed E-state index contributed by atoms with van der Waals surface area (Å²) < 4.78 is 0. The summed E-state index contributed by atoms with van der Waals surface area (Å²) in [5.41, 5.74) is 21.4. The second-order valence-electron chi connectivity index (χ2n) is 38.4. The molecule has 31 nitrogen and oxygen atoms in total. The number of piperidine rings is 5. The number of pyridine rings is 1. The van der Waals surface area contributed by atoms with Gasteiger partial charge in [0.1, 0.15) is 44.7 Å². The van der Waals surface area contributed by atoms with Crippen molar-refractivity contribution in [3.63, 3.8) is 0 Å². The molecule has 712 valence electrons. The molecule has 15 aromatic rings. The second kappa shape index (κ2) is 40.7. The van der Waals surface area contributed by atoms with Gasteiger partial charge in [0.15, 0.2) is 46.2 Å². The van der Waals surface area contributed by atoms with Gasteiger partial charge in [-0.05, 0) is 128 Å². The first-order valence-corrected chi connectivity index (χ1v) is 48.7. The molecule has 136 heavy (non-hydrogen) atoms. The zero-order valence-electron chi connectivity index (χ0n) is 76.9. The number of hydrogen-bond donors (Lipinski definition) is 8. The Labute approximate surface area is 835 Å². The van der Waals surface area contributed by atoms with E-state index in [1.807, 2.05) is 43.3 Å². The highest BCUT2D eigenvalue weighted by atomic mass is 35.5. The average molecular weight is 2040 g/mol. The van der Waals surface area contributed by atoms with Crippen LogP contribution in [0.4, 0.5) is 29.1 Å². The largest absolute Gasteiger partial charge is 0.390 e. The number of fused-ring (bicyclic) bond motifs is 5. The van der Waals surface area contributed by atoms with Gasteiger partial charge in [-0.2, -0.15) is 25.5 Å². The molecule has 0 radical (unpaired) electrons. The van der Waals surface area contributed by atoms with E-state index in [0.717, 1.165) is 165 Å². The Bertz CT molecular complexity index is 6970. The number of anilines is 5. The van der Waals surface area contributed by atoms with E-state index in [0.29, 0.717) is 213 Å². The number of halogens is 10. The summed E-state index contributed by atoms with van der Waals surface area (Å²) >= 11 is 62.9. The molecule has 0 unspecified atom stereocenters. The number of amides is 1. The van der Waals surface area contributed by atoms with E-state index < -0.39 is 5.91 Å². The van der Waals surface area contributed by atoms with E-state index in [9.17, 15) is 19.8 Å². The number of nitrogens with zero attached hydrogens (tertiary/aromatic N) is 21. The summed E-state index contributed by atoms with van der Waals surface area (Å²) in [7, 11) is 0. The minimum absolute atomic E-state index is 0.132. The van der Waals surface area contributed by atoms with Crippen molar-refractivity contribution in [1.29, 1.82) is 0 Å². The highest BCUT2D eigenvalue weighted by Gasteiger charge is 2.36. The number of nitrogens with two attached hydrogens (primary N) is 1. The zero-order valence-corrected chi connectivity index (χ0v) is 84.4. The Balaban J connectivity index is 0.000000123. The number of carbonyl (C=O) groups is 2. The van der Waals surface area contributed by atoms with Crippen LogP contribution >= 0.6 is 116 Å². The number of carbonyl (C=O) groups excluding carboxylic acids is 2. The Kier molecular flexibility index (Phi) is 29.5. The fraction of sp³-hybridized carbons (Fsp3) is 0.411. The second-order valence-corrected chi connectivity index (χ2v) is 42.3. The molecule has 41 heteroatoms. The maximum Gasteiger partial charge on any atom is 0.271 e. The first-order valence-electron chi connectivity index (χ1n) is 44.9. The normalized spacial score (nSPS) is 16.7. The molecular weight excluding hydrogens is 1940 g/mol. The van der Waals surface area contributed by atoms with Gasteiger partial charge < -0.3 is 40.4 Å². The molecular formula is C95H103Cl10N27O4. The molecule has 1 amide bonds. The molecule has 0 aliphatic carbocycles. The number of benzene rings is 4. The molecule has 5 aliphatic heterocycles. The standard InChI is InChI=1S/C20H25ClN6O.C19H20Cl2N6O.C19H21Cl2N5O.C19H19Cl2N5O.C18H18Cl3N5/c1-4-13-15(21)12(5-8-22-13)16-17-18(26-25-16)24-19(14(11-28)23-17)27-9-6-20(2,3)7-10-27;1-19(2)6-8-27(9-7-19)18-15(16(22)28)23-14-13(25-26-17(14)24-18)10-4-3-5-11(20)12(10)21;2*1-19(2)6-8-26(9-7-19)18-13(10-27)22-16-15(24-25-17(16)23-18)11-4-3-5-12(20)14(11)21;1-18(2)6-8-26(9-7-18)17-15(21)22-14-13(24-25-16(14)23-17)10-4-3-5-11(19)12(10)20/h5,8,28H,4,6-7,9-11H2,1-3H3,(H,24,25,26);3-5H,6-9H2,1-2H3,(H2,22,28)(H,24,25,26);3-5,27H,6-10H2,1-2H3,(H,23,24,25);3-5,10H,6-9H2,1-2H3,(H,23,24,25);3-5H,6-9H2,1-2H3,(H,23,24,25). The zero-order chi connectivity index (χ0) is 96.8. The first kappa shape index (κ1) is 98.8. The molecule has 0 spiro atoms. The van der Waals surface area contributed by atoms with Gasteiger partial charge in [0.2, 0.25) is 28.2 Å². The van der Waals surface area contributed by atoms with Gasteiger partial charge in [0.25, 0.3) is 5.91 Å². The average Bonchev–Trinajstić information content (AvgIpc) is 1.52. The maximum atomic E-state index is 12.1. The molecule has 0 bridgehead atoms. The number of H-pyrrole nitrogens is 5. The van der Waals surface area contributed by atoms with Crippen LogP contribution < -0.4 is 30.2 Å². The number of nitrogens with one attached hydrogen (secondary N) is 5. The predicted octanol–water partition coefficient (Wildman–Crippen LogP) is 22.6. The number of aromatic amines is 5. The number of primary amides is 1. The number of aliphatic hydroxyl groups is 2. The van der Waals surface area contributed by atoms with Crippen LogP contribution in [0.2, 0.25) is 50.4 Å². The predicted molar refractivity (Wildman–Crippen MR) is 545 cm³/mol.